The van der Waals surface area contributed by atoms with Gasteiger partial charge in [-0.15, -0.1) is 0 Å². The number of aromatic nitrogens is 2. The Bertz CT molecular complexity index is 1570. The average Bonchev–Trinajstić information content (AvgIpc) is 3.45. The molecular formula is C32H29N3O4. The van der Waals surface area contributed by atoms with Crippen molar-refractivity contribution in [3.05, 3.63) is 120 Å². The molecule has 4 aromatic carbocycles. The van der Waals surface area contributed by atoms with Gasteiger partial charge in [-0.2, -0.15) is 4.98 Å². The lowest BCUT2D eigenvalue weighted by Gasteiger charge is -2.37. The van der Waals surface area contributed by atoms with Gasteiger partial charge in [-0.05, 0) is 39.9 Å². The molecular weight excluding hydrogens is 490 g/mol. The maximum absolute atomic E-state index is 11.7. The van der Waals surface area contributed by atoms with Crippen LogP contribution in [0.2, 0.25) is 0 Å². The van der Waals surface area contributed by atoms with Crippen molar-refractivity contribution in [3.63, 3.8) is 0 Å². The summed E-state index contributed by atoms with van der Waals surface area (Å²) in [5, 5.41) is 16.1. The van der Waals surface area contributed by atoms with E-state index in [2.05, 4.69) is 64.7 Å². The molecule has 1 aliphatic rings. The normalized spacial score (nSPS) is 17.4. The van der Waals surface area contributed by atoms with Crippen LogP contribution in [0.1, 0.15) is 34.9 Å². The van der Waals surface area contributed by atoms with Crippen molar-refractivity contribution >= 4 is 16.9 Å². The molecule has 2 heterocycles. The number of ether oxygens (including phenoxy) is 1. The highest BCUT2D eigenvalue weighted by molar-refractivity contribution is 5.82. The number of hydrogen-bond acceptors (Lipinski definition) is 5. The number of likely N-dealkylation sites (tertiary alicyclic amines) is 1. The lowest BCUT2D eigenvalue weighted by molar-refractivity contribution is -0.0199. The van der Waals surface area contributed by atoms with Crippen LogP contribution in [0.3, 0.4) is 0 Å². The fraction of sp³-hybridized carbons (Fsp3) is 0.219. The van der Waals surface area contributed by atoms with E-state index in [0.717, 1.165) is 22.3 Å². The van der Waals surface area contributed by atoms with Gasteiger partial charge in [-0.3, -0.25) is 0 Å². The van der Waals surface area contributed by atoms with Crippen LogP contribution in [0.5, 0.6) is 0 Å². The Labute approximate surface area is 226 Å². The first kappa shape index (κ1) is 24.8. The van der Waals surface area contributed by atoms with Crippen molar-refractivity contribution in [3.8, 4) is 11.4 Å². The van der Waals surface area contributed by atoms with E-state index in [0.29, 0.717) is 44.3 Å². The Kier molecular flexibility index (Phi) is 7.06. The van der Waals surface area contributed by atoms with E-state index < -0.39 is 6.09 Å². The minimum absolute atomic E-state index is 0.100. The molecule has 1 aromatic heterocycles. The highest BCUT2D eigenvalue weighted by atomic mass is 16.5. The summed E-state index contributed by atoms with van der Waals surface area (Å²) in [6, 6.07) is 32.7. The van der Waals surface area contributed by atoms with Gasteiger partial charge in [0.1, 0.15) is 0 Å². The summed E-state index contributed by atoms with van der Waals surface area (Å²) in [5.74, 6) is 1.25. The second kappa shape index (κ2) is 11.1. The predicted octanol–water partition coefficient (Wildman–Crippen LogP) is 6.53. The number of carboxylic acid groups (broad SMARTS) is 1. The topological polar surface area (TPSA) is 88.7 Å². The van der Waals surface area contributed by atoms with E-state index >= 15 is 0 Å². The molecule has 2 atom stereocenters. The molecule has 39 heavy (non-hydrogen) atoms. The summed E-state index contributed by atoms with van der Waals surface area (Å²) in [6.07, 6.45) is 0.103. The standard InChI is InChI=1S/C32H29N3O4/c36-32(37)35-17-16-28(29(20-35)38-21-23-12-13-24-6-4-5-9-27(24)18-23)25-14-10-22(11-15-25)19-30-33-31(34-39-30)26-7-2-1-3-8-26/h1-15,18,28-29H,16-17,19-21H2,(H,36,37). The zero-order valence-corrected chi connectivity index (χ0v) is 21.4. The van der Waals surface area contributed by atoms with Crippen molar-refractivity contribution in [1.29, 1.82) is 0 Å². The zero-order valence-electron chi connectivity index (χ0n) is 21.4. The Morgan fingerprint density at radius 1 is 0.923 bits per heavy atom. The molecule has 7 nitrogen and oxygen atoms in total. The summed E-state index contributed by atoms with van der Waals surface area (Å²) >= 11 is 0. The Morgan fingerprint density at radius 3 is 2.46 bits per heavy atom. The van der Waals surface area contributed by atoms with Gasteiger partial charge in [0.15, 0.2) is 0 Å². The smallest absolute Gasteiger partial charge is 0.407 e. The molecule has 0 saturated carbocycles. The molecule has 0 bridgehead atoms. The Hall–Kier alpha value is -4.49. The Morgan fingerprint density at radius 2 is 1.67 bits per heavy atom. The van der Waals surface area contributed by atoms with Crippen LogP contribution in [0, 0.1) is 0 Å². The monoisotopic (exact) mass is 519 g/mol. The number of piperidine rings is 1. The van der Waals surface area contributed by atoms with Crippen LogP contribution >= 0.6 is 0 Å². The van der Waals surface area contributed by atoms with Crippen LogP contribution in [0.15, 0.2) is 102 Å². The van der Waals surface area contributed by atoms with Crippen molar-refractivity contribution < 1.29 is 19.2 Å². The summed E-state index contributed by atoms with van der Waals surface area (Å²) < 4.78 is 11.9. The van der Waals surface area contributed by atoms with E-state index in [1.54, 1.807) is 0 Å². The third kappa shape index (κ3) is 5.68. The van der Waals surface area contributed by atoms with Crippen molar-refractivity contribution in [2.24, 2.45) is 0 Å². The number of rotatable bonds is 7. The van der Waals surface area contributed by atoms with Gasteiger partial charge < -0.3 is 19.3 Å². The molecule has 1 amide bonds. The zero-order chi connectivity index (χ0) is 26.6. The van der Waals surface area contributed by atoms with Crippen LogP contribution in [-0.4, -0.2) is 45.4 Å². The molecule has 1 saturated heterocycles. The van der Waals surface area contributed by atoms with E-state index in [1.165, 1.54) is 15.7 Å². The van der Waals surface area contributed by atoms with Crippen LogP contribution in [0.25, 0.3) is 22.2 Å². The van der Waals surface area contributed by atoms with E-state index in [9.17, 15) is 9.90 Å². The highest BCUT2D eigenvalue weighted by Crippen LogP contribution is 2.32. The molecule has 6 rings (SSSR count). The molecule has 0 radical (unpaired) electrons. The fourth-order valence-electron chi connectivity index (χ4n) is 5.26. The lowest BCUT2D eigenvalue weighted by atomic mass is 9.86. The number of fused-ring (bicyclic) bond motifs is 1. The number of carbonyl (C=O) groups is 1. The summed E-state index contributed by atoms with van der Waals surface area (Å²) in [7, 11) is 0. The molecule has 196 valence electrons. The average molecular weight is 520 g/mol. The molecule has 0 aliphatic carbocycles. The van der Waals surface area contributed by atoms with Gasteiger partial charge in [-0.1, -0.05) is 96.2 Å². The largest absolute Gasteiger partial charge is 0.465 e. The maximum atomic E-state index is 11.7. The van der Waals surface area contributed by atoms with Crippen molar-refractivity contribution in [2.75, 3.05) is 13.1 Å². The summed E-state index contributed by atoms with van der Waals surface area (Å²) in [6.45, 7) is 1.26. The third-order valence-corrected chi connectivity index (χ3v) is 7.37. The minimum Gasteiger partial charge on any atom is -0.465 e. The van der Waals surface area contributed by atoms with Crippen molar-refractivity contribution in [2.45, 2.75) is 31.5 Å². The molecule has 2 unspecified atom stereocenters. The van der Waals surface area contributed by atoms with Gasteiger partial charge in [0, 0.05) is 18.0 Å². The highest BCUT2D eigenvalue weighted by Gasteiger charge is 2.33. The van der Waals surface area contributed by atoms with Gasteiger partial charge in [-0.25, -0.2) is 4.79 Å². The van der Waals surface area contributed by atoms with Crippen LogP contribution in [0.4, 0.5) is 4.79 Å². The van der Waals surface area contributed by atoms with E-state index in [4.69, 9.17) is 9.26 Å². The molecule has 1 N–H and O–H groups in total. The third-order valence-electron chi connectivity index (χ3n) is 7.37. The molecule has 1 aliphatic heterocycles. The molecule has 7 heteroatoms. The molecule has 5 aromatic rings. The lowest BCUT2D eigenvalue weighted by Crippen LogP contribution is -2.46. The summed E-state index contributed by atoms with van der Waals surface area (Å²) in [5.41, 5.74) is 4.20. The maximum Gasteiger partial charge on any atom is 0.407 e. The van der Waals surface area contributed by atoms with Crippen molar-refractivity contribution in [1.82, 2.24) is 15.0 Å². The predicted molar refractivity (Wildman–Crippen MR) is 148 cm³/mol. The molecule has 0 spiro atoms. The first-order valence-electron chi connectivity index (χ1n) is 13.2. The molecule has 1 fully saturated rings. The minimum atomic E-state index is -0.905. The summed E-state index contributed by atoms with van der Waals surface area (Å²) in [4.78, 5) is 17.7. The van der Waals surface area contributed by atoms with Gasteiger partial charge in [0.2, 0.25) is 11.7 Å². The number of nitrogens with zero attached hydrogens (tertiary/aromatic N) is 3. The number of benzene rings is 4. The van der Waals surface area contributed by atoms with E-state index in [-0.39, 0.29) is 12.0 Å². The van der Waals surface area contributed by atoms with Crippen LogP contribution < -0.4 is 0 Å². The first-order valence-corrected chi connectivity index (χ1v) is 13.2. The van der Waals surface area contributed by atoms with Gasteiger partial charge in [0.05, 0.1) is 25.7 Å². The first-order chi connectivity index (χ1) is 19.1. The number of hydrogen-bond donors (Lipinski definition) is 1. The van der Waals surface area contributed by atoms with E-state index in [1.807, 2.05) is 42.5 Å². The SMILES string of the molecule is O=C(O)N1CCC(c2ccc(Cc3nc(-c4ccccc4)no3)cc2)C(OCc2ccc3ccccc3c2)C1. The van der Waals surface area contributed by atoms with Gasteiger partial charge >= 0.3 is 6.09 Å². The fourth-order valence-corrected chi connectivity index (χ4v) is 5.26. The number of amides is 1. The quantitative estimate of drug-likeness (QED) is 0.263. The second-order valence-corrected chi connectivity index (χ2v) is 9.95. The second-order valence-electron chi connectivity index (χ2n) is 9.95. The van der Waals surface area contributed by atoms with Crippen LogP contribution in [-0.2, 0) is 17.8 Å². The Balaban J connectivity index is 1.15. The van der Waals surface area contributed by atoms with Gasteiger partial charge in [0.25, 0.3) is 0 Å².